The monoisotopic (exact) mass is 327 g/mol. The number of ether oxygens (including phenoxy) is 1. The summed E-state index contributed by atoms with van der Waals surface area (Å²) in [5, 5.41) is 13.4. The summed E-state index contributed by atoms with van der Waals surface area (Å²) in [7, 11) is 1.23. The van der Waals surface area contributed by atoms with Gasteiger partial charge < -0.3 is 10.1 Å². The Hall–Kier alpha value is -2.13. The minimum Gasteiger partial charge on any atom is -0.467 e. The number of nitro groups is 1. The van der Waals surface area contributed by atoms with Crippen molar-refractivity contribution >= 4 is 29.5 Å². The first-order chi connectivity index (χ1) is 10.4. The molecule has 0 aliphatic rings. The van der Waals surface area contributed by atoms with Crippen molar-refractivity contribution in [2.75, 3.05) is 7.11 Å². The topological polar surface area (TPSA) is 111 Å². The van der Waals surface area contributed by atoms with E-state index in [1.165, 1.54) is 20.1 Å². The molecule has 2 N–H and O–H groups in total. The number of carbonyl (C=O) groups is 2. The van der Waals surface area contributed by atoms with Gasteiger partial charge in [0.15, 0.2) is 0 Å². The first-order valence-electron chi connectivity index (χ1n) is 6.40. The summed E-state index contributed by atoms with van der Waals surface area (Å²) >= 11 is 0.984. The highest BCUT2D eigenvalue weighted by atomic mass is 32.2. The molecule has 120 valence electrons. The number of nitrogens with zero attached hydrogens (tertiary/aromatic N) is 1. The molecule has 1 rings (SSSR count). The van der Waals surface area contributed by atoms with Crippen LogP contribution in [0.1, 0.15) is 13.8 Å². The molecule has 0 saturated carbocycles. The molecule has 0 bridgehead atoms. The maximum atomic E-state index is 11.9. The zero-order valence-corrected chi connectivity index (χ0v) is 13.2. The van der Waals surface area contributed by atoms with E-state index in [0.717, 1.165) is 11.9 Å². The van der Waals surface area contributed by atoms with Gasteiger partial charge in [0.2, 0.25) is 5.91 Å². The summed E-state index contributed by atoms with van der Waals surface area (Å²) in [6.45, 7) is 3.09. The Morgan fingerprint density at radius 1 is 1.27 bits per heavy atom. The number of carbonyl (C=O) groups excluding carboxylic acids is 2. The zero-order chi connectivity index (χ0) is 16.7. The van der Waals surface area contributed by atoms with E-state index < -0.39 is 28.9 Å². The number of nitro benzene ring substituents is 1. The molecule has 22 heavy (non-hydrogen) atoms. The van der Waals surface area contributed by atoms with Crippen LogP contribution in [0.3, 0.4) is 0 Å². The maximum absolute atomic E-state index is 11.9. The Balaban J connectivity index is 2.59. The van der Waals surface area contributed by atoms with Crippen LogP contribution in [-0.2, 0) is 14.3 Å². The van der Waals surface area contributed by atoms with Crippen molar-refractivity contribution in [1.29, 1.82) is 0 Å². The first kappa shape index (κ1) is 17.9. The predicted octanol–water partition coefficient (Wildman–Crippen LogP) is 1.26. The third-order valence-corrected chi connectivity index (χ3v) is 3.75. The number of para-hydroxylation sites is 1. The van der Waals surface area contributed by atoms with Gasteiger partial charge in [-0.1, -0.05) is 12.1 Å². The standard InChI is InChI=1S/C13H17N3O5S/c1-8(12(17)14-9(2)13(18)21-3)15-22-11-7-5-4-6-10(11)16(19)20/h4-9,15H,1-3H3,(H,14,17). The molecular weight excluding hydrogens is 310 g/mol. The van der Waals surface area contributed by atoms with Crippen LogP contribution in [0, 0.1) is 10.1 Å². The largest absolute Gasteiger partial charge is 0.467 e. The number of esters is 1. The van der Waals surface area contributed by atoms with Gasteiger partial charge in [-0.25, -0.2) is 9.52 Å². The molecule has 0 saturated heterocycles. The second-order valence-electron chi connectivity index (χ2n) is 4.42. The van der Waals surface area contributed by atoms with Gasteiger partial charge in [-0.05, 0) is 31.9 Å². The average Bonchev–Trinajstić information content (AvgIpc) is 2.51. The van der Waals surface area contributed by atoms with Crippen molar-refractivity contribution in [1.82, 2.24) is 10.0 Å². The highest BCUT2D eigenvalue weighted by Gasteiger charge is 2.21. The van der Waals surface area contributed by atoms with E-state index in [4.69, 9.17) is 0 Å². The molecule has 0 aromatic heterocycles. The Morgan fingerprint density at radius 2 is 1.91 bits per heavy atom. The molecule has 0 fully saturated rings. The normalized spacial score (nSPS) is 13.0. The van der Waals surface area contributed by atoms with E-state index in [-0.39, 0.29) is 5.69 Å². The number of rotatable bonds is 7. The number of hydrogen-bond acceptors (Lipinski definition) is 7. The molecule has 1 aromatic rings. The first-order valence-corrected chi connectivity index (χ1v) is 7.22. The van der Waals surface area contributed by atoms with Gasteiger partial charge in [-0.2, -0.15) is 0 Å². The molecule has 2 unspecified atom stereocenters. The summed E-state index contributed by atoms with van der Waals surface area (Å²) in [6, 6.07) is 4.78. The Bertz CT molecular complexity index is 566. The van der Waals surface area contributed by atoms with Crippen LogP contribution in [0.5, 0.6) is 0 Å². The highest BCUT2D eigenvalue weighted by molar-refractivity contribution is 7.97. The van der Waals surface area contributed by atoms with Crippen LogP contribution < -0.4 is 10.0 Å². The summed E-state index contributed by atoms with van der Waals surface area (Å²) in [5.74, 6) is -0.962. The number of benzene rings is 1. The van der Waals surface area contributed by atoms with Crippen LogP contribution in [0.25, 0.3) is 0 Å². The fourth-order valence-electron chi connectivity index (χ4n) is 1.47. The van der Waals surface area contributed by atoms with Gasteiger partial charge in [-0.15, -0.1) is 0 Å². The molecule has 2 atom stereocenters. The van der Waals surface area contributed by atoms with E-state index in [9.17, 15) is 19.7 Å². The molecule has 1 amide bonds. The molecule has 0 aliphatic carbocycles. The summed E-state index contributed by atoms with van der Waals surface area (Å²) in [5.41, 5.74) is -0.0458. The maximum Gasteiger partial charge on any atom is 0.328 e. The molecule has 0 heterocycles. The van der Waals surface area contributed by atoms with Gasteiger partial charge in [0.25, 0.3) is 5.69 Å². The second-order valence-corrected chi connectivity index (χ2v) is 5.30. The fraction of sp³-hybridized carbons (Fsp3) is 0.385. The van der Waals surface area contributed by atoms with Crippen LogP contribution in [0.4, 0.5) is 5.69 Å². The molecule has 0 aliphatic heterocycles. The lowest BCUT2D eigenvalue weighted by atomic mass is 10.3. The molecule has 0 spiro atoms. The van der Waals surface area contributed by atoms with Gasteiger partial charge in [0.1, 0.15) is 10.9 Å². The Morgan fingerprint density at radius 3 is 2.50 bits per heavy atom. The third kappa shape index (κ3) is 5.01. The SMILES string of the molecule is COC(=O)C(C)NC(=O)C(C)NSc1ccccc1[N+](=O)[O-]. The van der Waals surface area contributed by atoms with Crippen LogP contribution in [0.2, 0.25) is 0 Å². The molecule has 8 nitrogen and oxygen atoms in total. The minimum absolute atomic E-state index is 0.0458. The Labute approximate surface area is 131 Å². The molecular formula is C13H17N3O5S. The average molecular weight is 327 g/mol. The summed E-state index contributed by atoms with van der Waals surface area (Å²) in [4.78, 5) is 33.9. The highest BCUT2D eigenvalue weighted by Crippen LogP contribution is 2.26. The Kier molecular flexibility index (Phi) is 6.80. The van der Waals surface area contributed by atoms with E-state index in [0.29, 0.717) is 4.90 Å². The van der Waals surface area contributed by atoms with Crippen molar-refractivity contribution < 1.29 is 19.2 Å². The molecule has 9 heteroatoms. The minimum atomic E-state index is -0.766. The number of nitrogens with one attached hydrogen (secondary N) is 2. The lowest BCUT2D eigenvalue weighted by Gasteiger charge is -2.16. The van der Waals surface area contributed by atoms with Crippen molar-refractivity contribution in [3.8, 4) is 0 Å². The van der Waals surface area contributed by atoms with Crippen molar-refractivity contribution in [2.24, 2.45) is 0 Å². The smallest absolute Gasteiger partial charge is 0.328 e. The van der Waals surface area contributed by atoms with E-state index in [2.05, 4.69) is 14.8 Å². The van der Waals surface area contributed by atoms with Gasteiger partial charge in [-0.3, -0.25) is 14.9 Å². The second kappa shape index (κ2) is 8.35. The number of hydrogen-bond donors (Lipinski definition) is 2. The number of amides is 1. The van der Waals surface area contributed by atoms with E-state index >= 15 is 0 Å². The van der Waals surface area contributed by atoms with Crippen LogP contribution in [-0.4, -0.2) is 36.0 Å². The lowest BCUT2D eigenvalue weighted by molar-refractivity contribution is -0.387. The molecule has 1 aromatic carbocycles. The van der Waals surface area contributed by atoms with Gasteiger partial charge >= 0.3 is 5.97 Å². The van der Waals surface area contributed by atoms with Crippen LogP contribution in [0.15, 0.2) is 29.2 Å². The van der Waals surface area contributed by atoms with Crippen LogP contribution >= 0.6 is 11.9 Å². The lowest BCUT2D eigenvalue weighted by Crippen LogP contribution is -2.46. The van der Waals surface area contributed by atoms with Gasteiger partial charge in [0.05, 0.1) is 18.1 Å². The summed E-state index contributed by atoms with van der Waals surface area (Å²) in [6.07, 6.45) is 0. The van der Waals surface area contributed by atoms with E-state index in [1.807, 2.05) is 0 Å². The molecule has 0 radical (unpaired) electrons. The fourth-order valence-corrected chi connectivity index (χ4v) is 2.28. The van der Waals surface area contributed by atoms with E-state index in [1.54, 1.807) is 25.1 Å². The zero-order valence-electron chi connectivity index (χ0n) is 12.4. The number of methoxy groups -OCH3 is 1. The van der Waals surface area contributed by atoms with Gasteiger partial charge in [0, 0.05) is 6.07 Å². The third-order valence-electron chi connectivity index (χ3n) is 2.71. The predicted molar refractivity (Wildman–Crippen MR) is 81.2 cm³/mol. The summed E-state index contributed by atoms with van der Waals surface area (Å²) < 4.78 is 7.31. The quantitative estimate of drug-likeness (QED) is 0.336. The van der Waals surface area contributed by atoms with Crippen molar-refractivity contribution in [3.63, 3.8) is 0 Å². The van der Waals surface area contributed by atoms with Crippen molar-refractivity contribution in [2.45, 2.75) is 30.8 Å². The van der Waals surface area contributed by atoms with Crippen molar-refractivity contribution in [3.05, 3.63) is 34.4 Å².